The molecule has 0 aliphatic carbocycles. The van der Waals surface area contributed by atoms with E-state index in [0.29, 0.717) is 0 Å². The molecule has 0 bridgehead atoms. The number of nitrogens with zero attached hydrogens (tertiary/aromatic N) is 1. The van der Waals surface area contributed by atoms with Crippen molar-refractivity contribution in [3.8, 4) is 5.75 Å². The van der Waals surface area contributed by atoms with Gasteiger partial charge in [-0.2, -0.15) is 0 Å². The smallest absolute Gasteiger partial charge is 0.127 e. The van der Waals surface area contributed by atoms with Gasteiger partial charge in [0.2, 0.25) is 0 Å². The Labute approximate surface area is 127 Å². The third-order valence-corrected chi connectivity index (χ3v) is 3.17. The molecule has 1 aromatic heterocycles. The minimum atomic E-state index is 0.806. The van der Waals surface area contributed by atoms with Crippen LogP contribution < -0.4 is 15.4 Å². The molecule has 1 heterocycles. The van der Waals surface area contributed by atoms with Crippen LogP contribution in [0.3, 0.4) is 0 Å². The van der Waals surface area contributed by atoms with Crippen LogP contribution in [0.2, 0.25) is 0 Å². The lowest BCUT2D eigenvalue weighted by molar-refractivity contribution is 0.415. The van der Waals surface area contributed by atoms with Gasteiger partial charge in [0, 0.05) is 40.7 Å². The maximum Gasteiger partial charge on any atom is 0.127 e. The van der Waals surface area contributed by atoms with Crippen molar-refractivity contribution >= 4 is 33.1 Å². The van der Waals surface area contributed by atoms with Crippen LogP contribution in [0, 0.1) is 0 Å². The van der Waals surface area contributed by atoms with E-state index in [9.17, 15) is 0 Å². The Kier molecular flexibility index (Phi) is 5.24. The average Bonchev–Trinajstić information content (AvgIpc) is 2.45. The monoisotopic (exact) mass is 335 g/mol. The van der Waals surface area contributed by atoms with Crippen molar-refractivity contribution in [1.29, 1.82) is 0 Å². The number of pyridine rings is 1. The van der Waals surface area contributed by atoms with Gasteiger partial charge < -0.3 is 15.4 Å². The van der Waals surface area contributed by atoms with Crippen molar-refractivity contribution in [1.82, 2.24) is 4.98 Å². The van der Waals surface area contributed by atoms with E-state index in [4.69, 9.17) is 4.74 Å². The second kappa shape index (κ2) is 7.14. The lowest BCUT2D eigenvalue weighted by atomic mass is 10.3. The molecule has 2 rings (SSSR count). The quantitative estimate of drug-likeness (QED) is 0.820. The SMILES string of the molecule is CCCNc1cc(Nc2cc(Br)cc(OC)c2)ccn1. The minimum Gasteiger partial charge on any atom is -0.497 e. The first-order chi connectivity index (χ1) is 9.71. The molecule has 0 unspecified atom stereocenters. The molecular formula is C15H18BrN3O. The van der Waals surface area contributed by atoms with Crippen molar-refractivity contribution in [2.24, 2.45) is 0 Å². The zero-order valence-electron chi connectivity index (χ0n) is 11.6. The molecule has 0 spiro atoms. The van der Waals surface area contributed by atoms with E-state index < -0.39 is 0 Å². The molecule has 106 valence electrons. The van der Waals surface area contributed by atoms with Crippen LogP contribution >= 0.6 is 15.9 Å². The van der Waals surface area contributed by atoms with Crippen LogP contribution in [-0.4, -0.2) is 18.6 Å². The van der Waals surface area contributed by atoms with Gasteiger partial charge in [-0.15, -0.1) is 0 Å². The minimum absolute atomic E-state index is 0.806. The van der Waals surface area contributed by atoms with Crippen LogP contribution in [0.15, 0.2) is 41.0 Å². The lowest BCUT2D eigenvalue weighted by Crippen LogP contribution is -2.02. The highest BCUT2D eigenvalue weighted by Gasteiger charge is 2.01. The zero-order valence-corrected chi connectivity index (χ0v) is 13.2. The summed E-state index contributed by atoms with van der Waals surface area (Å²) in [6, 6.07) is 9.80. The second-order valence-electron chi connectivity index (χ2n) is 4.36. The molecule has 1 aromatic carbocycles. The van der Waals surface area contributed by atoms with E-state index in [1.807, 2.05) is 30.3 Å². The van der Waals surface area contributed by atoms with Crippen LogP contribution in [0.5, 0.6) is 5.75 Å². The fourth-order valence-corrected chi connectivity index (χ4v) is 2.25. The predicted octanol–water partition coefficient (Wildman–Crippen LogP) is 4.42. The van der Waals surface area contributed by atoms with Gasteiger partial charge in [-0.05, 0) is 24.6 Å². The predicted molar refractivity (Wildman–Crippen MR) is 87.0 cm³/mol. The molecule has 0 saturated carbocycles. The molecule has 0 atom stereocenters. The number of benzene rings is 1. The average molecular weight is 336 g/mol. The molecule has 0 aliphatic heterocycles. The maximum atomic E-state index is 5.26. The second-order valence-corrected chi connectivity index (χ2v) is 5.28. The van der Waals surface area contributed by atoms with Gasteiger partial charge in [0.05, 0.1) is 7.11 Å². The van der Waals surface area contributed by atoms with Crippen LogP contribution in [0.25, 0.3) is 0 Å². The number of hydrogen-bond acceptors (Lipinski definition) is 4. The first-order valence-corrected chi connectivity index (χ1v) is 7.32. The molecule has 0 fully saturated rings. The van der Waals surface area contributed by atoms with E-state index in [1.165, 1.54) is 0 Å². The molecule has 4 nitrogen and oxygen atoms in total. The zero-order chi connectivity index (χ0) is 14.4. The highest BCUT2D eigenvalue weighted by molar-refractivity contribution is 9.10. The normalized spacial score (nSPS) is 10.2. The fraction of sp³-hybridized carbons (Fsp3) is 0.267. The molecule has 2 aromatic rings. The Morgan fingerprint density at radius 3 is 2.80 bits per heavy atom. The number of halogens is 1. The summed E-state index contributed by atoms with van der Waals surface area (Å²) in [4.78, 5) is 4.28. The summed E-state index contributed by atoms with van der Waals surface area (Å²) >= 11 is 3.47. The summed E-state index contributed by atoms with van der Waals surface area (Å²) in [5, 5.41) is 6.62. The largest absolute Gasteiger partial charge is 0.497 e. The number of ether oxygens (including phenoxy) is 1. The van der Waals surface area contributed by atoms with Gasteiger partial charge >= 0.3 is 0 Å². The van der Waals surface area contributed by atoms with Crippen molar-refractivity contribution in [2.45, 2.75) is 13.3 Å². The third kappa shape index (κ3) is 4.13. The van der Waals surface area contributed by atoms with Crippen LogP contribution in [0.1, 0.15) is 13.3 Å². The number of aromatic nitrogens is 1. The molecule has 0 amide bonds. The van der Waals surface area contributed by atoms with Crippen molar-refractivity contribution in [2.75, 3.05) is 24.3 Å². The van der Waals surface area contributed by atoms with Crippen molar-refractivity contribution in [3.63, 3.8) is 0 Å². The van der Waals surface area contributed by atoms with Gasteiger partial charge in [-0.25, -0.2) is 4.98 Å². The Morgan fingerprint density at radius 2 is 2.05 bits per heavy atom. The first kappa shape index (κ1) is 14.7. The molecule has 0 aliphatic rings. The standard InChI is InChI=1S/C15H18BrN3O/c1-3-5-17-15-10-12(4-6-18-15)19-13-7-11(16)8-14(9-13)20-2/h4,6-10H,3,5H2,1-2H3,(H2,17,18,19). The molecule has 2 N–H and O–H groups in total. The van der Waals surface area contributed by atoms with E-state index in [2.05, 4.69) is 38.5 Å². The summed E-state index contributed by atoms with van der Waals surface area (Å²) in [6.07, 6.45) is 2.86. The third-order valence-electron chi connectivity index (χ3n) is 2.71. The van der Waals surface area contributed by atoms with Gasteiger partial charge in [0.1, 0.15) is 11.6 Å². The number of anilines is 3. The Morgan fingerprint density at radius 1 is 1.20 bits per heavy atom. The van der Waals surface area contributed by atoms with Crippen molar-refractivity contribution < 1.29 is 4.74 Å². The van der Waals surface area contributed by atoms with Gasteiger partial charge in [0.15, 0.2) is 0 Å². The van der Waals surface area contributed by atoms with E-state index in [0.717, 1.165) is 40.4 Å². The summed E-state index contributed by atoms with van der Waals surface area (Å²) in [7, 11) is 1.66. The molecule has 5 heteroatoms. The highest BCUT2D eigenvalue weighted by Crippen LogP contribution is 2.27. The van der Waals surface area contributed by atoms with Gasteiger partial charge in [-0.3, -0.25) is 0 Å². The number of methoxy groups -OCH3 is 1. The Hall–Kier alpha value is -1.75. The Bertz CT molecular complexity index is 575. The first-order valence-electron chi connectivity index (χ1n) is 6.53. The number of rotatable bonds is 6. The van der Waals surface area contributed by atoms with Crippen molar-refractivity contribution in [3.05, 3.63) is 41.0 Å². The summed E-state index contributed by atoms with van der Waals surface area (Å²) in [5.74, 6) is 1.68. The summed E-state index contributed by atoms with van der Waals surface area (Å²) in [6.45, 7) is 3.05. The Balaban J connectivity index is 2.15. The molecular weight excluding hydrogens is 318 g/mol. The number of nitrogens with one attached hydrogen (secondary N) is 2. The van der Waals surface area contributed by atoms with E-state index >= 15 is 0 Å². The highest BCUT2D eigenvalue weighted by atomic mass is 79.9. The maximum absolute atomic E-state index is 5.26. The van der Waals surface area contributed by atoms with Gasteiger partial charge in [0.25, 0.3) is 0 Å². The summed E-state index contributed by atoms with van der Waals surface area (Å²) in [5.41, 5.74) is 1.95. The molecule has 0 saturated heterocycles. The summed E-state index contributed by atoms with van der Waals surface area (Å²) < 4.78 is 6.23. The van der Waals surface area contributed by atoms with E-state index in [1.54, 1.807) is 13.3 Å². The lowest BCUT2D eigenvalue weighted by Gasteiger charge is -2.10. The fourth-order valence-electron chi connectivity index (χ4n) is 1.78. The van der Waals surface area contributed by atoms with Crippen LogP contribution in [-0.2, 0) is 0 Å². The molecule has 0 radical (unpaired) electrons. The van der Waals surface area contributed by atoms with E-state index in [-0.39, 0.29) is 0 Å². The molecule has 20 heavy (non-hydrogen) atoms. The van der Waals surface area contributed by atoms with Gasteiger partial charge in [-0.1, -0.05) is 22.9 Å². The van der Waals surface area contributed by atoms with Crippen LogP contribution in [0.4, 0.5) is 17.2 Å². The topological polar surface area (TPSA) is 46.2 Å². The number of hydrogen-bond donors (Lipinski definition) is 2.